The number of ether oxygens (including phenoxy) is 3. The topological polar surface area (TPSA) is 30.9 Å². The Morgan fingerprint density at radius 3 is 2.33 bits per heavy atom. The van der Waals surface area contributed by atoms with E-state index >= 15 is 0 Å². The van der Waals surface area contributed by atoms with Crippen molar-refractivity contribution in [1.82, 2.24) is 4.90 Å². The van der Waals surface area contributed by atoms with E-state index in [4.69, 9.17) is 14.2 Å². The Morgan fingerprint density at radius 2 is 1.56 bits per heavy atom. The van der Waals surface area contributed by atoms with Gasteiger partial charge in [0.05, 0.1) is 18.8 Å². The molecule has 0 N–H and O–H groups in total. The largest absolute Gasteiger partial charge is 0.379 e. The Hall–Kier alpha value is -0.420. The van der Waals surface area contributed by atoms with Gasteiger partial charge in [0.15, 0.2) is 0 Å². The van der Waals surface area contributed by atoms with Gasteiger partial charge in [-0.25, -0.2) is 0 Å². The lowest BCUT2D eigenvalue weighted by Crippen LogP contribution is -2.51. The summed E-state index contributed by atoms with van der Waals surface area (Å²) in [6.07, 6.45) is 28.6. The van der Waals surface area contributed by atoms with Crippen molar-refractivity contribution in [2.24, 2.45) is 46.3 Å². The Labute approximate surface area is 299 Å². The molecular weight excluding hydrogens is 590 g/mol. The van der Waals surface area contributed by atoms with E-state index in [9.17, 15) is 0 Å². The molecule has 0 bridgehead atoms. The second-order valence-electron chi connectivity index (χ2n) is 18.3. The molecule has 280 valence electrons. The van der Waals surface area contributed by atoms with Crippen LogP contribution in [0.25, 0.3) is 0 Å². The van der Waals surface area contributed by atoms with Crippen molar-refractivity contribution in [3.8, 4) is 0 Å². The van der Waals surface area contributed by atoms with Crippen LogP contribution in [0.4, 0.5) is 0 Å². The first-order valence-corrected chi connectivity index (χ1v) is 21.2. The molecule has 48 heavy (non-hydrogen) atoms. The Kier molecular flexibility index (Phi) is 16.8. The molecule has 9 atom stereocenters. The average Bonchev–Trinajstić information content (AvgIpc) is 3.40. The molecule has 3 saturated carbocycles. The van der Waals surface area contributed by atoms with Gasteiger partial charge in [-0.05, 0) is 131 Å². The summed E-state index contributed by atoms with van der Waals surface area (Å²) < 4.78 is 18.9. The average molecular weight is 672 g/mol. The van der Waals surface area contributed by atoms with Crippen molar-refractivity contribution < 1.29 is 14.2 Å². The molecule has 0 aromatic carbocycles. The van der Waals surface area contributed by atoms with E-state index in [1.165, 1.54) is 109 Å². The lowest BCUT2D eigenvalue weighted by atomic mass is 9.47. The molecule has 0 saturated heterocycles. The highest BCUT2D eigenvalue weighted by Crippen LogP contribution is 2.67. The summed E-state index contributed by atoms with van der Waals surface area (Å²) in [5, 5.41) is 0. The number of rotatable bonds is 23. The number of allylic oxidation sites excluding steroid dienone is 1. The summed E-state index contributed by atoms with van der Waals surface area (Å²) in [6, 6.07) is 0. The van der Waals surface area contributed by atoms with Crippen LogP contribution in [-0.2, 0) is 14.2 Å². The third kappa shape index (κ3) is 11.0. The van der Waals surface area contributed by atoms with E-state index in [1.807, 2.05) is 0 Å². The van der Waals surface area contributed by atoms with Gasteiger partial charge in [0, 0.05) is 26.4 Å². The van der Waals surface area contributed by atoms with Crippen LogP contribution < -0.4 is 0 Å². The normalized spacial score (nSPS) is 33.0. The first-order valence-electron chi connectivity index (χ1n) is 21.2. The highest BCUT2D eigenvalue weighted by atomic mass is 16.5. The fourth-order valence-electron chi connectivity index (χ4n) is 11.3. The molecule has 0 spiro atoms. The maximum Gasteiger partial charge on any atom is 0.0934 e. The molecule has 3 fully saturated rings. The summed E-state index contributed by atoms with van der Waals surface area (Å²) in [5.74, 6) is 5.45. The molecule has 4 nitrogen and oxygen atoms in total. The summed E-state index contributed by atoms with van der Waals surface area (Å²) in [4.78, 5) is 2.22. The van der Waals surface area contributed by atoms with Crippen molar-refractivity contribution in [3.63, 3.8) is 0 Å². The van der Waals surface area contributed by atoms with Gasteiger partial charge in [-0.1, -0.05) is 105 Å². The number of hydrogen-bond acceptors (Lipinski definition) is 4. The molecule has 4 heteroatoms. The molecule has 4 aliphatic rings. The third-order valence-corrected chi connectivity index (χ3v) is 14.0. The third-order valence-electron chi connectivity index (χ3n) is 14.0. The standard InChI is InChI=1S/C44H81NO3/c1-9-10-11-12-13-14-28-46-33-38(32-45(7)8)48-30-16-15-29-47-37-24-26-43(5)36(31-37)20-21-39-41-23-22-40(35(4)19-17-18-34(2)3)44(41,6)27-25-42(39)43/h20,34-35,37-42H,9-19,21-33H2,1-8H3/t35-,37?,38-,39+,40-,41+,42+,43+,44-/m1/s1. The van der Waals surface area contributed by atoms with Crippen LogP contribution in [-0.4, -0.2) is 64.2 Å². The van der Waals surface area contributed by atoms with E-state index in [0.29, 0.717) is 23.5 Å². The van der Waals surface area contributed by atoms with Crippen molar-refractivity contribution in [2.45, 2.75) is 176 Å². The minimum Gasteiger partial charge on any atom is -0.379 e. The van der Waals surface area contributed by atoms with Crippen LogP contribution >= 0.6 is 0 Å². The molecule has 4 rings (SSSR count). The van der Waals surface area contributed by atoms with Crippen LogP contribution in [0.5, 0.6) is 0 Å². The molecule has 1 unspecified atom stereocenters. The van der Waals surface area contributed by atoms with E-state index in [2.05, 4.69) is 66.6 Å². The summed E-state index contributed by atoms with van der Waals surface area (Å²) in [7, 11) is 4.25. The maximum atomic E-state index is 6.55. The van der Waals surface area contributed by atoms with Crippen molar-refractivity contribution in [1.29, 1.82) is 0 Å². The predicted octanol–water partition coefficient (Wildman–Crippen LogP) is 11.5. The Morgan fingerprint density at radius 1 is 0.812 bits per heavy atom. The van der Waals surface area contributed by atoms with Crippen molar-refractivity contribution in [2.75, 3.05) is 47.1 Å². The van der Waals surface area contributed by atoms with E-state index < -0.39 is 0 Å². The minimum absolute atomic E-state index is 0.157. The number of nitrogens with zero attached hydrogens (tertiary/aromatic N) is 1. The monoisotopic (exact) mass is 672 g/mol. The Balaban J connectivity index is 1.15. The summed E-state index contributed by atoms with van der Waals surface area (Å²) >= 11 is 0. The van der Waals surface area contributed by atoms with Crippen LogP contribution in [0.2, 0.25) is 0 Å². The van der Waals surface area contributed by atoms with Crippen LogP contribution in [0.1, 0.15) is 164 Å². The van der Waals surface area contributed by atoms with Gasteiger partial charge < -0.3 is 19.1 Å². The van der Waals surface area contributed by atoms with E-state index in [0.717, 1.165) is 74.7 Å². The highest BCUT2D eigenvalue weighted by molar-refractivity contribution is 5.25. The first kappa shape index (κ1) is 40.4. The lowest BCUT2D eigenvalue weighted by Gasteiger charge is -2.58. The quantitative estimate of drug-likeness (QED) is 0.0799. The van der Waals surface area contributed by atoms with Gasteiger partial charge in [-0.15, -0.1) is 0 Å². The summed E-state index contributed by atoms with van der Waals surface area (Å²) in [5.41, 5.74) is 2.75. The molecule has 0 aromatic rings. The summed E-state index contributed by atoms with van der Waals surface area (Å²) in [6.45, 7) is 19.2. The molecular formula is C44H81NO3. The van der Waals surface area contributed by atoms with E-state index in [1.54, 1.807) is 5.57 Å². The van der Waals surface area contributed by atoms with Gasteiger partial charge >= 0.3 is 0 Å². The zero-order valence-corrected chi connectivity index (χ0v) is 33.3. The fourth-order valence-corrected chi connectivity index (χ4v) is 11.3. The lowest BCUT2D eigenvalue weighted by molar-refractivity contribution is -0.0648. The number of fused-ring (bicyclic) bond motifs is 5. The Bertz CT molecular complexity index is 932. The molecule has 0 amide bonds. The smallest absolute Gasteiger partial charge is 0.0934 e. The predicted molar refractivity (Wildman–Crippen MR) is 205 cm³/mol. The van der Waals surface area contributed by atoms with Gasteiger partial charge in [-0.2, -0.15) is 0 Å². The van der Waals surface area contributed by atoms with Gasteiger partial charge in [0.25, 0.3) is 0 Å². The molecule has 0 heterocycles. The second kappa shape index (κ2) is 20.0. The zero-order chi connectivity index (χ0) is 34.6. The molecule has 0 aliphatic heterocycles. The van der Waals surface area contributed by atoms with Crippen LogP contribution in [0.15, 0.2) is 11.6 Å². The SMILES string of the molecule is CCCCCCCCOC[C@@H](CN(C)C)OCCCCOC1CC[C@@]2(C)C(=CC[C@H]3[C@@H]4CC[C@H]([C@H](C)CCCC(C)C)[C@@]4(C)CC[C@@H]32)C1. The molecule has 4 aliphatic carbocycles. The minimum atomic E-state index is 0.157. The van der Waals surface area contributed by atoms with Gasteiger partial charge in [0.1, 0.15) is 0 Å². The maximum absolute atomic E-state index is 6.55. The molecule has 0 radical (unpaired) electrons. The number of unbranched alkanes of at least 4 members (excludes halogenated alkanes) is 6. The van der Waals surface area contributed by atoms with Crippen LogP contribution in [0, 0.1) is 46.3 Å². The van der Waals surface area contributed by atoms with Crippen molar-refractivity contribution in [3.05, 3.63) is 11.6 Å². The molecule has 0 aromatic heterocycles. The fraction of sp³-hybridized carbons (Fsp3) is 0.955. The zero-order valence-electron chi connectivity index (χ0n) is 33.3. The van der Waals surface area contributed by atoms with Gasteiger partial charge in [-0.3, -0.25) is 0 Å². The number of hydrogen-bond donors (Lipinski definition) is 0. The van der Waals surface area contributed by atoms with Crippen LogP contribution in [0.3, 0.4) is 0 Å². The number of likely N-dealkylation sites (N-methyl/N-ethyl adjacent to an activating group) is 1. The van der Waals surface area contributed by atoms with Crippen molar-refractivity contribution >= 4 is 0 Å². The highest BCUT2D eigenvalue weighted by Gasteiger charge is 2.59. The van der Waals surface area contributed by atoms with E-state index in [-0.39, 0.29) is 6.10 Å². The van der Waals surface area contributed by atoms with Gasteiger partial charge in [0.2, 0.25) is 0 Å². The second-order valence-corrected chi connectivity index (χ2v) is 18.3. The first-order chi connectivity index (χ1) is 23.1.